The molecule has 1 fully saturated rings. The molecule has 2 aromatic rings. The molecule has 0 unspecified atom stereocenters. The third-order valence-corrected chi connectivity index (χ3v) is 5.59. The maximum absolute atomic E-state index is 12.8. The molecule has 0 radical (unpaired) electrons. The van der Waals surface area contributed by atoms with Gasteiger partial charge < -0.3 is 10.2 Å². The van der Waals surface area contributed by atoms with Crippen molar-refractivity contribution >= 4 is 15.7 Å². The summed E-state index contributed by atoms with van der Waals surface area (Å²) in [5.74, 6) is 0.651. The number of furan rings is 1. The number of nitrogens with zero attached hydrogens (tertiary/aromatic N) is 1. The summed E-state index contributed by atoms with van der Waals surface area (Å²) in [6.45, 7) is 2.08. The smallest absolute Gasteiger partial charge is 0.243 e. The molecule has 21 heavy (non-hydrogen) atoms. The van der Waals surface area contributed by atoms with Crippen LogP contribution in [-0.2, 0) is 16.6 Å². The van der Waals surface area contributed by atoms with E-state index in [1.807, 2.05) is 6.92 Å². The van der Waals surface area contributed by atoms with E-state index in [9.17, 15) is 8.42 Å². The number of aryl methyl sites for hydroxylation is 1. The number of hydrogen-bond acceptors (Lipinski definition) is 4. The number of anilines is 1. The zero-order valence-corrected chi connectivity index (χ0v) is 12.6. The van der Waals surface area contributed by atoms with Gasteiger partial charge in [-0.1, -0.05) is 0 Å². The lowest BCUT2D eigenvalue weighted by Gasteiger charge is -2.21. The second kappa shape index (κ2) is 5.20. The summed E-state index contributed by atoms with van der Waals surface area (Å²) in [7, 11) is -3.54. The van der Waals surface area contributed by atoms with Gasteiger partial charge in [0.2, 0.25) is 10.0 Å². The first-order valence-corrected chi connectivity index (χ1v) is 8.33. The van der Waals surface area contributed by atoms with E-state index in [1.165, 1.54) is 4.31 Å². The van der Waals surface area contributed by atoms with Gasteiger partial charge >= 0.3 is 0 Å². The Morgan fingerprint density at radius 1 is 1.33 bits per heavy atom. The fourth-order valence-corrected chi connectivity index (χ4v) is 4.01. The highest BCUT2D eigenvalue weighted by molar-refractivity contribution is 7.89. The van der Waals surface area contributed by atoms with Crippen LogP contribution in [0.4, 0.5) is 5.69 Å². The highest BCUT2D eigenvalue weighted by atomic mass is 32.2. The number of sulfonamides is 1. The molecule has 0 atom stereocenters. The van der Waals surface area contributed by atoms with Crippen molar-refractivity contribution in [2.24, 2.45) is 0 Å². The quantitative estimate of drug-likeness (QED) is 0.861. The average Bonchev–Trinajstić information content (AvgIpc) is 3.15. The maximum atomic E-state index is 12.8. The van der Waals surface area contributed by atoms with Crippen molar-refractivity contribution in [2.45, 2.75) is 37.2 Å². The monoisotopic (exact) mass is 306 g/mol. The van der Waals surface area contributed by atoms with Crippen LogP contribution in [0.3, 0.4) is 0 Å². The molecule has 0 amide bonds. The van der Waals surface area contributed by atoms with Crippen LogP contribution < -0.4 is 5.73 Å². The SMILES string of the molecule is Cc1cc(S(=O)(=O)N(Cc2ccco2)C2CC2)ccc1N. The Morgan fingerprint density at radius 3 is 2.67 bits per heavy atom. The third-order valence-electron chi connectivity index (χ3n) is 3.69. The van der Waals surface area contributed by atoms with E-state index in [4.69, 9.17) is 10.2 Å². The molecule has 1 aliphatic rings. The molecular weight excluding hydrogens is 288 g/mol. The van der Waals surface area contributed by atoms with Gasteiger partial charge in [0.15, 0.2) is 0 Å². The van der Waals surface area contributed by atoms with E-state index in [0.717, 1.165) is 18.4 Å². The van der Waals surface area contributed by atoms with Crippen LogP contribution in [0.2, 0.25) is 0 Å². The van der Waals surface area contributed by atoms with Crippen LogP contribution in [0.5, 0.6) is 0 Å². The van der Waals surface area contributed by atoms with Crippen LogP contribution >= 0.6 is 0 Å². The standard InChI is InChI=1S/C15H18N2O3S/c1-11-9-14(6-7-15(11)16)21(18,19)17(12-4-5-12)10-13-3-2-8-20-13/h2-3,6-9,12H,4-5,10,16H2,1H3. The summed E-state index contributed by atoms with van der Waals surface area (Å²) < 4.78 is 32.5. The van der Waals surface area contributed by atoms with Gasteiger partial charge in [0.25, 0.3) is 0 Å². The van der Waals surface area contributed by atoms with Crippen molar-refractivity contribution < 1.29 is 12.8 Å². The summed E-state index contributed by atoms with van der Waals surface area (Å²) in [6, 6.07) is 8.45. The van der Waals surface area contributed by atoms with Crippen LogP contribution in [0.25, 0.3) is 0 Å². The second-order valence-electron chi connectivity index (χ2n) is 5.38. The molecule has 0 saturated heterocycles. The molecule has 0 bridgehead atoms. The van der Waals surface area contributed by atoms with Gasteiger partial charge in [-0.05, 0) is 55.7 Å². The third kappa shape index (κ3) is 2.82. The summed E-state index contributed by atoms with van der Waals surface area (Å²) in [6.07, 6.45) is 3.35. The molecule has 3 rings (SSSR count). The van der Waals surface area contributed by atoms with E-state index in [1.54, 1.807) is 36.6 Å². The predicted molar refractivity (Wildman–Crippen MR) is 80.1 cm³/mol. The van der Waals surface area contributed by atoms with Crippen LogP contribution in [0, 0.1) is 6.92 Å². The highest BCUT2D eigenvalue weighted by Crippen LogP contribution is 2.34. The largest absolute Gasteiger partial charge is 0.468 e. The summed E-state index contributed by atoms with van der Waals surface area (Å²) in [5, 5.41) is 0. The molecule has 1 heterocycles. The lowest BCUT2D eigenvalue weighted by atomic mass is 10.2. The minimum absolute atomic E-state index is 0.0676. The van der Waals surface area contributed by atoms with E-state index < -0.39 is 10.0 Å². The van der Waals surface area contributed by atoms with Gasteiger partial charge in [0, 0.05) is 11.7 Å². The number of benzene rings is 1. The van der Waals surface area contributed by atoms with Crippen molar-refractivity contribution in [3.8, 4) is 0 Å². The summed E-state index contributed by atoms with van der Waals surface area (Å²) in [4.78, 5) is 0.285. The average molecular weight is 306 g/mol. The normalized spacial score (nSPS) is 15.5. The first-order chi connectivity index (χ1) is 9.98. The molecule has 2 N–H and O–H groups in total. The summed E-state index contributed by atoms with van der Waals surface area (Å²) in [5.41, 5.74) is 7.13. The molecule has 0 spiro atoms. The van der Waals surface area contributed by atoms with Gasteiger partial charge in [0.05, 0.1) is 17.7 Å². The minimum atomic E-state index is -3.54. The molecular formula is C15H18N2O3S. The second-order valence-corrected chi connectivity index (χ2v) is 7.27. The first kappa shape index (κ1) is 14.2. The minimum Gasteiger partial charge on any atom is -0.468 e. The van der Waals surface area contributed by atoms with E-state index in [2.05, 4.69) is 0 Å². The molecule has 6 heteroatoms. The lowest BCUT2D eigenvalue weighted by Crippen LogP contribution is -2.32. The number of nitrogen functional groups attached to an aromatic ring is 1. The highest BCUT2D eigenvalue weighted by Gasteiger charge is 2.38. The molecule has 112 valence electrons. The van der Waals surface area contributed by atoms with E-state index in [0.29, 0.717) is 11.4 Å². The lowest BCUT2D eigenvalue weighted by molar-refractivity contribution is 0.356. The molecule has 1 aromatic heterocycles. The van der Waals surface area contributed by atoms with Crippen LogP contribution in [0.15, 0.2) is 45.9 Å². The molecule has 5 nitrogen and oxygen atoms in total. The van der Waals surface area contributed by atoms with Crippen molar-refractivity contribution in [2.75, 3.05) is 5.73 Å². The Bertz CT molecular complexity index is 734. The Hall–Kier alpha value is -1.79. The number of nitrogens with two attached hydrogens (primary N) is 1. The van der Waals surface area contributed by atoms with Crippen molar-refractivity contribution in [1.29, 1.82) is 0 Å². The Labute approximate surface area is 124 Å². The van der Waals surface area contributed by atoms with Crippen molar-refractivity contribution in [1.82, 2.24) is 4.31 Å². The molecule has 0 aliphatic heterocycles. The zero-order valence-electron chi connectivity index (χ0n) is 11.8. The predicted octanol–water partition coefficient (Wildman–Crippen LogP) is 2.52. The Balaban J connectivity index is 1.95. The molecule has 1 aliphatic carbocycles. The first-order valence-electron chi connectivity index (χ1n) is 6.89. The van der Waals surface area contributed by atoms with Gasteiger partial charge in [-0.2, -0.15) is 4.31 Å². The van der Waals surface area contributed by atoms with Crippen molar-refractivity contribution in [3.63, 3.8) is 0 Å². The Morgan fingerprint density at radius 2 is 2.10 bits per heavy atom. The summed E-state index contributed by atoms with van der Waals surface area (Å²) >= 11 is 0. The van der Waals surface area contributed by atoms with Crippen LogP contribution in [0.1, 0.15) is 24.2 Å². The number of hydrogen-bond donors (Lipinski definition) is 1. The maximum Gasteiger partial charge on any atom is 0.243 e. The number of rotatable bonds is 5. The Kier molecular flexibility index (Phi) is 3.51. The van der Waals surface area contributed by atoms with E-state index in [-0.39, 0.29) is 17.5 Å². The molecule has 1 aromatic carbocycles. The fourth-order valence-electron chi connectivity index (χ4n) is 2.27. The topological polar surface area (TPSA) is 76.5 Å². The van der Waals surface area contributed by atoms with Gasteiger partial charge in [-0.15, -0.1) is 0 Å². The molecule has 1 saturated carbocycles. The fraction of sp³-hybridized carbons (Fsp3) is 0.333. The van der Waals surface area contributed by atoms with Gasteiger partial charge in [0.1, 0.15) is 5.76 Å². The van der Waals surface area contributed by atoms with Gasteiger partial charge in [-0.25, -0.2) is 8.42 Å². The zero-order chi connectivity index (χ0) is 15.0. The van der Waals surface area contributed by atoms with E-state index >= 15 is 0 Å². The van der Waals surface area contributed by atoms with Crippen LogP contribution in [-0.4, -0.2) is 18.8 Å². The van der Waals surface area contributed by atoms with Gasteiger partial charge in [-0.3, -0.25) is 0 Å². The van der Waals surface area contributed by atoms with Crippen molar-refractivity contribution in [3.05, 3.63) is 47.9 Å².